The van der Waals surface area contributed by atoms with Gasteiger partial charge in [-0.1, -0.05) is 98.7 Å². The van der Waals surface area contributed by atoms with Crippen molar-refractivity contribution in [2.45, 2.75) is 97.1 Å². The van der Waals surface area contributed by atoms with Gasteiger partial charge in [0.05, 0.1) is 11.1 Å². The molecule has 0 N–H and O–H groups in total. The highest BCUT2D eigenvalue weighted by Gasteiger charge is 2.48. The van der Waals surface area contributed by atoms with Gasteiger partial charge in [-0.3, -0.25) is 0 Å². The van der Waals surface area contributed by atoms with E-state index in [-0.39, 0.29) is 33.6 Å². The summed E-state index contributed by atoms with van der Waals surface area (Å²) < 4.78 is 12.6. The van der Waals surface area contributed by atoms with Crippen molar-refractivity contribution in [2.75, 3.05) is 0 Å². The van der Waals surface area contributed by atoms with E-state index in [4.69, 9.17) is 8.85 Å². The number of hydrogen-bond donors (Lipinski definition) is 0. The summed E-state index contributed by atoms with van der Waals surface area (Å²) in [5.74, 6) is -0.651. The lowest BCUT2D eigenvalue weighted by atomic mass is 9.95. The molecule has 0 spiro atoms. The molecule has 2 aromatic rings. The molecule has 192 valence electrons. The molecule has 35 heavy (non-hydrogen) atoms. The lowest BCUT2D eigenvalue weighted by Gasteiger charge is -2.41. The van der Waals surface area contributed by atoms with Crippen molar-refractivity contribution in [3.63, 3.8) is 0 Å². The summed E-state index contributed by atoms with van der Waals surface area (Å²) in [7, 11) is -4.74. The molecular formula is C29H44O4Si2. The number of benzene rings is 2. The predicted octanol–water partition coefficient (Wildman–Crippen LogP) is 8.85. The van der Waals surface area contributed by atoms with Gasteiger partial charge in [-0.2, -0.15) is 0 Å². The summed E-state index contributed by atoms with van der Waals surface area (Å²) in [6, 6.07) is 14.8. The fraction of sp³-hybridized carbons (Fsp3) is 0.517. The monoisotopic (exact) mass is 512 g/mol. The second-order valence-corrected chi connectivity index (χ2v) is 22.0. The zero-order chi connectivity index (χ0) is 26.8. The minimum absolute atomic E-state index is 0.0994. The molecule has 2 aromatic carbocycles. The highest BCUT2D eigenvalue weighted by molar-refractivity contribution is 6.79. The number of rotatable bonds is 8. The van der Waals surface area contributed by atoms with Gasteiger partial charge in [-0.15, -0.1) is 0 Å². The standard InChI is InChI=1S/C29H44O4Si2/c1-20(2)35(21(3)4,22(5)6)33-28(31)26-19-15-13-17-24(26)23-16-12-14-18-25(23)27(30)32-34(10,11)29(7,8)9/h12-22H,1-11H3. The van der Waals surface area contributed by atoms with Crippen LogP contribution in [0.2, 0.25) is 34.8 Å². The highest BCUT2D eigenvalue weighted by atomic mass is 28.4. The average Bonchev–Trinajstić information content (AvgIpc) is 2.75. The molecule has 2 rings (SSSR count). The van der Waals surface area contributed by atoms with E-state index in [0.717, 1.165) is 0 Å². The largest absolute Gasteiger partial charge is 0.516 e. The van der Waals surface area contributed by atoms with Crippen LogP contribution < -0.4 is 0 Å². The van der Waals surface area contributed by atoms with Gasteiger partial charge in [0.15, 0.2) is 0 Å². The van der Waals surface area contributed by atoms with E-state index in [1.54, 1.807) is 12.1 Å². The van der Waals surface area contributed by atoms with Crippen molar-refractivity contribution >= 4 is 28.6 Å². The Kier molecular flexibility index (Phi) is 8.99. The Morgan fingerprint density at radius 2 is 1.00 bits per heavy atom. The van der Waals surface area contributed by atoms with Crippen molar-refractivity contribution in [1.82, 2.24) is 0 Å². The Hall–Kier alpha value is -2.19. The van der Waals surface area contributed by atoms with Gasteiger partial charge in [0.25, 0.3) is 16.6 Å². The van der Waals surface area contributed by atoms with E-state index >= 15 is 0 Å². The van der Waals surface area contributed by atoms with Gasteiger partial charge < -0.3 is 8.85 Å². The van der Waals surface area contributed by atoms with Crippen LogP contribution in [0.1, 0.15) is 83.0 Å². The quantitative estimate of drug-likeness (QED) is 0.331. The summed E-state index contributed by atoms with van der Waals surface area (Å²) in [5, 5.41) is -0.0994. The van der Waals surface area contributed by atoms with Crippen molar-refractivity contribution in [2.24, 2.45) is 0 Å². The van der Waals surface area contributed by atoms with Crippen LogP contribution in [0.4, 0.5) is 0 Å². The van der Waals surface area contributed by atoms with Gasteiger partial charge in [0, 0.05) is 0 Å². The van der Waals surface area contributed by atoms with Gasteiger partial charge in [0.1, 0.15) is 0 Å². The van der Waals surface area contributed by atoms with Gasteiger partial charge in [0.2, 0.25) is 0 Å². The first-order valence-electron chi connectivity index (χ1n) is 12.7. The van der Waals surface area contributed by atoms with Gasteiger partial charge >= 0.3 is 11.9 Å². The first-order valence-corrected chi connectivity index (χ1v) is 17.8. The minimum Gasteiger partial charge on any atom is -0.516 e. The van der Waals surface area contributed by atoms with E-state index < -0.39 is 16.6 Å². The maximum absolute atomic E-state index is 13.7. The van der Waals surface area contributed by atoms with E-state index in [9.17, 15) is 9.59 Å². The van der Waals surface area contributed by atoms with Crippen LogP contribution in [0.15, 0.2) is 48.5 Å². The van der Waals surface area contributed by atoms with Crippen molar-refractivity contribution < 1.29 is 18.4 Å². The second kappa shape index (κ2) is 10.8. The Morgan fingerprint density at radius 3 is 1.34 bits per heavy atom. The molecule has 0 saturated heterocycles. The molecule has 0 aliphatic rings. The summed E-state index contributed by atoms with van der Waals surface area (Å²) >= 11 is 0. The Bertz CT molecular complexity index is 1030. The summed E-state index contributed by atoms with van der Waals surface area (Å²) in [5.41, 5.74) is 3.19. The Labute approximate surface area is 214 Å². The smallest absolute Gasteiger partial charge is 0.325 e. The van der Waals surface area contributed by atoms with Gasteiger partial charge in [-0.05, 0) is 58.0 Å². The lowest BCUT2D eigenvalue weighted by Crippen LogP contribution is -2.49. The third kappa shape index (κ3) is 5.97. The molecule has 0 aromatic heterocycles. The Morgan fingerprint density at radius 1 is 0.657 bits per heavy atom. The molecule has 0 fully saturated rings. The normalized spacial score (nSPS) is 12.9. The zero-order valence-corrected chi connectivity index (χ0v) is 25.5. The number of hydrogen-bond acceptors (Lipinski definition) is 4. The van der Waals surface area contributed by atoms with Gasteiger partial charge in [-0.25, -0.2) is 9.59 Å². The fourth-order valence-corrected chi connectivity index (χ4v) is 10.8. The third-order valence-corrected chi connectivity index (χ3v) is 18.0. The van der Waals surface area contributed by atoms with E-state index in [1.807, 2.05) is 36.4 Å². The SMILES string of the molecule is CC(C)[Si](OC(=O)c1ccccc1-c1ccccc1C(=O)O[Si](C)(C)C(C)(C)C)(C(C)C)C(C)C. The Balaban J connectivity index is 2.56. The molecule has 0 amide bonds. The minimum atomic E-state index is -2.42. The summed E-state index contributed by atoms with van der Waals surface area (Å²) in [6.45, 7) is 23.4. The molecule has 0 unspecified atom stereocenters. The summed E-state index contributed by atoms with van der Waals surface area (Å²) in [4.78, 5) is 27.1. The van der Waals surface area contributed by atoms with Crippen molar-refractivity contribution in [3.05, 3.63) is 59.7 Å². The van der Waals surface area contributed by atoms with Crippen LogP contribution in [0.5, 0.6) is 0 Å². The van der Waals surface area contributed by atoms with Crippen LogP contribution in [0.25, 0.3) is 11.1 Å². The van der Waals surface area contributed by atoms with Crippen LogP contribution >= 0.6 is 0 Å². The zero-order valence-electron chi connectivity index (χ0n) is 23.5. The van der Waals surface area contributed by atoms with Crippen LogP contribution in [0, 0.1) is 0 Å². The topological polar surface area (TPSA) is 52.6 Å². The molecule has 0 bridgehead atoms. The van der Waals surface area contributed by atoms with Crippen LogP contribution in [-0.2, 0) is 8.85 Å². The number of carbonyl (C=O) groups excluding carboxylic acids is 2. The maximum Gasteiger partial charge on any atom is 0.325 e. The first kappa shape index (κ1) is 29.0. The maximum atomic E-state index is 13.7. The fourth-order valence-electron chi connectivity index (χ4n) is 4.80. The summed E-state index contributed by atoms with van der Waals surface area (Å²) in [6.07, 6.45) is 0. The van der Waals surface area contributed by atoms with Crippen molar-refractivity contribution in [1.29, 1.82) is 0 Å². The molecular weight excluding hydrogens is 468 g/mol. The molecule has 0 saturated carbocycles. The van der Waals surface area contributed by atoms with E-state index in [2.05, 4.69) is 75.4 Å². The van der Waals surface area contributed by atoms with Crippen LogP contribution in [-0.4, -0.2) is 28.6 Å². The molecule has 4 nitrogen and oxygen atoms in total. The van der Waals surface area contributed by atoms with Crippen molar-refractivity contribution in [3.8, 4) is 11.1 Å². The highest BCUT2D eigenvalue weighted by Crippen LogP contribution is 2.43. The second-order valence-electron chi connectivity index (χ2n) is 11.9. The van der Waals surface area contributed by atoms with E-state index in [0.29, 0.717) is 22.3 Å². The molecule has 0 aliphatic heterocycles. The molecule has 0 atom stereocenters. The predicted molar refractivity (Wildman–Crippen MR) is 151 cm³/mol. The molecule has 0 heterocycles. The number of carbonyl (C=O) groups is 2. The molecule has 6 heteroatoms. The van der Waals surface area contributed by atoms with E-state index in [1.165, 1.54) is 0 Å². The van der Waals surface area contributed by atoms with Crippen LogP contribution in [0.3, 0.4) is 0 Å². The molecule has 0 aliphatic carbocycles. The molecule has 0 radical (unpaired) electrons. The lowest BCUT2D eigenvalue weighted by molar-refractivity contribution is 0.0696. The third-order valence-electron chi connectivity index (χ3n) is 7.71. The first-order chi connectivity index (χ1) is 16.1. The average molecular weight is 513 g/mol.